The zero-order chi connectivity index (χ0) is 11.7. The van der Waals surface area contributed by atoms with Crippen LogP contribution in [0.25, 0.3) is 0 Å². The molecule has 0 aliphatic heterocycles. The summed E-state index contributed by atoms with van der Waals surface area (Å²) < 4.78 is 30.1. The molecule has 0 fully saturated rings. The summed E-state index contributed by atoms with van der Waals surface area (Å²) in [6, 6.07) is 0. The molecule has 0 aliphatic rings. The molecule has 0 aromatic heterocycles. The summed E-state index contributed by atoms with van der Waals surface area (Å²) >= 11 is 0. The highest BCUT2D eigenvalue weighted by molar-refractivity contribution is 7.89. The molecule has 0 radical (unpaired) electrons. The lowest BCUT2D eigenvalue weighted by Gasteiger charge is -2.14. The molecule has 1 unspecified atom stereocenters. The van der Waals surface area contributed by atoms with Gasteiger partial charge in [-0.3, -0.25) is 0 Å². The average Bonchev–Trinajstić information content (AvgIpc) is 2.21. The first-order valence-corrected chi connectivity index (χ1v) is 6.87. The van der Waals surface area contributed by atoms with E-state index in [0.717, 1.165) is 12.8 Å². The van der Waals surface area contributed by atoms with E-state index in [4.69, 9.17) is 10.5 Å². The Hall–Kier alpha value is -0.170. The number of rotatable bonds is 9. The van der Waals surface area contributed by atoms with Gasteiger partial charge in [-0.25, -0.2) is 13.1 Å². The highest BCUT2D eigenvalue weighted by Gasteiger charge is 2.12. The molecule has 0 bridgehead atoms. The SMILES string of the molecule is CCC(CCN)CNS(=O)(=O)CCOC. The van der Waals surface area contributed by atoms with Gasteiger partial charge in [-0.1, -0.05) is 13.3 Å². The number of ether oxygens (including phenoxy) is 1. The molecule has 92 valence electrons. The molecule has 0 rings (SSSR count). The minimum atomic E-state index is -3.18. The second-order valence-corrected chi connectivity index (χ2v) is 5.44. The number of nitrogens with two attached hydrogens (primary N) is 1. The summed E-state index contributed by atoms with van der Waals surface area (Å²) in [7, 11) is -1.70. The molecule has 1 atom stereocenters. The van der Waals surface area contributed by atoms with Crippen LogP contribution in [0.5, 0.6) is 0 Å². The van der Waals surface area contributed by atoms with Crippen molar-refractivity contribution in [3.8, 4) is 0 Å². The highest BCUT2D eigenvalue weighted by Crippen LogP contribution is 2.05. The van der Waals surface area contributed by atoms with Crippen molar-refractivity contribution >= 4 is 10.0 Å². The predicted octanol–water partition coefficient (Wildman–Crippen LogP) is -0.0728. The van der Waals surface area contributed by atoms with Crippen molar-refractivity contribution in [3.05, 3.63) is 0 Å². The fourth-order valence-corrected chi connectivity index (χ4v) is 2.22. The number of nitrogens with one attached hydrogen (secondary N) is 1. The van der Waals surface area contributed by atoms with E-state index in [1.807, 2.05) is 6.92 Å². The third-order valence-electron chi connectivity index (χ3n) is 2.30. The van der Waals surface area contributed by atoms with Crippen LogP contribution in [0.2, 0.25) is 0 Å². The predicted molar refractivity (Wildman–Crippen MR) is 61.1 cm³/mol. The van der Waals surface area contributed by atoms with Gasteiger partial charge >= 0.3 is 0 Å². The van der Waals surface area contributed by atoms with Crippen molar-refractivity contribution in [2.45, 2.75) is 19.8 Å². The minimum absolute atomic E-state index is 0.0164. The molecule has 0 heterocycles. The van der Waals surface area contributed by atoms with Gasteiger partial charge in [0.2, 0.25) is 10.0 Å². The van der Waals surface area contributed by atoms with Crippen molar-refractivity contribution in [1.82, 2.24) is 4.72 Å². The molecule has 0 aromatic rings. The number of methoxy groups -OCH3 is 1. The topological polar surface area (TPSA) is 81.4 Å². The van der Waals surface area contributed by atoms with Crippen LogP contribution in [-0.4, -0.2) is 41.0 Å². The lowest BCUT2D eigenvalue weighted by Crippen LogP contribution is -2.33. The molecule has 0 saturated carbocycles. The van der Waals surface area contributed by atoms with Crippen LogP contribution < -0.4 is 10.5 Å². The van der Waals surface area contributed by atoms with Crippen molar-refractivity contribution in [2.24, 2.45) is 11.7 Å². The molecular formula is C9H22N2O3S. The van der Waals surface area contributed by atoms with Gasteiger partial charge in [0.25, 0.3) is 0 Å². The number of hydrogen-bond acceptors (Lipinski definition) is 4. The van der Waals surface area contributed by atoms with Crippen molar-refractivity contribution < 1.29 is 13.2 Å². The second-order valence-electron chi connectivity index (χ2n) is 3.51. The zero-order valence-corrected chi connectivity index (χ0v) is 10.3. The Morgan fingerprint density at radius 1 is 1.47 bits per heavy atom. The van der Waals surface area contributed by atoms with Crippen LogP contribution in [0.1, 0.15) is 19.8 Å². The smallest absolute Gasteiger partial charge is 0.213 e. The Morgan fingerprint density at radius 2 is 2.13 bits per heavy atom. The van der Waals surface area contributed by atoms with Crippen LogP contribution >= 0.6 is 0 Å². The average molecular weight is 238 g/mol. The van der Waals surface area contributed by atoms with Crippen molar-refractivity contribution in [3.63, 3.8) is 0 Å². The Labute approximate surface area is 92.4 Å². The first-order valence-electron chi connectivity index (χ1n) is 5.22. The second kappa shape index (κ2) is 8.04. The van der Waals surface area contributed by atoms with Crippen LogP contribution in [-0.2, 0) is 14.8 Å². The van der Waals surface area contributed by atoms with Crippen LogP contribution in [0.3, 0.4) is 0 Å². The van der Waals surface area contributed by atoms with Gasteiger partial charge in [-0.2, -0.15) is 0 Å². The van der Waals surface area contributed by atoms with Crippen LogP contribution in [0, 0.1) is 5.92 Å². The van der Waals surface area contributed by atoms with E-state index in [1.165, 1.54) is 7.11 Å². The fourth-order valence-electron chi connectivity index (χ4n) is 1.20. The first kappa shape index (κ1) is 14.8. The third kappa shape index (κ3) is 7.72. The maximum atomic E-state index is 11.4. The standard InChI is InChI=1S/C9H22N2O3S/c1-3-9(4-5-10)8-11-15(12,13)7-6-14-2/h9,11H,3-8,10H2,1-2H3. The van der Waals surface area contributed by atoms with Crippen LogP contribution in [0.15, 0.2) is 0 Å². The fraction of sp³-hybridized carbons (Fsp3) is 1.00. The molecule has 0 saturated heterocycles. The van der Waals surface area contributed by atoms with Crippen molar-refractivity contribution in [2.75, 3.05) is 32.6 Å². The van der Waals surface area contributed by atoms with E-state index in [-0.39, 0.29) is 12.4 Å². The Kier molecular flexibility index (Phi) is 7.95. The molecule has 5 nitrogen and oxygen atoms in total. The zero-order valence-electron chi connectivity index (χ0n) is 9.53. The van der Waals surface area contributed by atoms with E-state index in [2.05, 4.69) is 4.72 Å². The van der Waals surface area contributed by atoms with E-state index < -0.39 is 10.0 Å². The Bertz CT molecular complexity index is 242. The molecular weight excluding hydrogens is 216 g/mol. The van der Waals surface area contributed by atoms with Gasteiger partial charge in [-0.15, -0.1) is 0 Å². The third-order valence-corrected chi connectivity index (χ3v) is 3.61. The van der Waals surface area contributed by atoms with Gasteiger partial charge in [0.05, 0.1) is 12.4 Å². The normalized spacial score (nSPS) is 14.1. The molecule has 6 heteroatoms. The monoisotopic (exact) mass is 238 g/mol. The first-order chi connectivity index (χ1) is 7.05. The Balaban J connectivity index is 3.90. The highest BCUT2D eigenvalue weighted by atomic mass is 32.2. The van der Waals surface area contributed by atoms with Gasteiger partial charge in [-0.05, 0) is 18.9 Å². The van der Waals surface area contributed by atoms with E-state index in [0.29, 0.717) is 19.0 Å². The number of sulfonamides is 1. The van der Waals surface area contributed by atoms with E-state index in [1.54, 1.807) is 0 Å². The maximum absolute atomic E-state index is 11.4. The van der Waals surface area contributed by atoms with E-state index in [9.17, 15) is 8.42 Å². The maximum Gasteiger partial charge on any atom is 0.213 e. The lowest BCUT2D eigenvalue weighted by molar-refractivity contribution is 0.217. The van der Waals surface area contributed by atoms with Crippen LogP contribution in [0.4, 0.5) is 0 Å². The number of hydrogen-bond donors (Lipinski definition) is 2. The molecule has 0 amide bonds. The molecule has 0 aromatic carbocycles. The van der Waals surface area contributed by atoms with Gasteiger partial charge in [0.1, 0.15) is 0 Å². The van der Waals surface area contributed by atoms with E-state index >= 15 is 0 Å². The minimum Gasteiger partial charge on any atom is -0.384 e. The molecule has 3 N–H and O–H groups in total. The largest absolute Gasteiger partial charge is 0.384 e. The summed E-state index contributed by atoms with van der Waals surface area (Å²) in [6.45, 7) is 3.32. The Morgan fingerprint density at radius 3 is 2.60 bits per heavy atom. The molecule has 0 spiro atoms. The molecule has 0 aliphatic carbocycles. The summed E-state index contributed by atoms with van der Waals surface area (Å²) in [6.07, 6.45) is 1.79. The summed E-state index contributed by atoms with van der Waals surface area (Å²) in [4.78, 5) is 0. The summed E-state index contributed by atoms with van der Waals surface area (Å²) in [5, 5.41) is 0. The van der Waals surface area contributed by atoms with Gasteiger partial charge in [0.15, 0.2) is 0 Å². The van der Waals surface area contributed by atoms with Gasteiger partial charge < -0.3 is 10.5 Å². The summed E-state index contributed by atoms with van der Waals surface area (Å²) in [5.74, 6) is 0.343. The van der Waals surface area contributed by atoms with Crippen molar-refractivity contribution in [1.29, 1.82) is 0 Å². The van der Waals surface area contributed by atoms with Gasteiger partial charge in [0, 0.05) is 13.7 Å². The summed E-state index contributed by atoms with van der Waals surface area (Å²) in [5.41, 5.74) is 5.43. The quantitative estimate of drug-likeness (QED) is 0.589. The lowest BCUT2D eigenvalue weighted by atomic mass is 10.0. The molecule has 15 heavy (non-hydrogen) atoms.